The van der Waals surface area contributed by atoms with Gasteiger partial charge in [0.2, 0.25) is 11.9 Å². The maximum absolute atomic E-state index is 13.1. The Morgan fingerprint density at radius 1 is 1.19 bits per heavy atom. The number of halogens is 3. The van der Waals surface area contributed by atoms with Crippen molar-refractivity contribution < 1.29 is 27.5 Å². The van der Waals surface area contributed by atoms with E-state index >= 15 is 0 Å². The molecule has 1 saturated heterocycles. The molecule has 164 valence electrons. The van der Waals surface area contributed by atoms with Crippen LogP contribution in [0.4, 0.5) is 19.1 Å². The number of nitrogens with zero attached hydrogens (tertiary/aromatic N) is 3. The van der Waals surface area contributed by atoms with Crippen LogP contribution in [0, 0.1) is 0 Å². The first kappa shape index (κ1) is 21.1. The number of benzene rings is 1. The summed E-state index contributed by atoms with van der Waals surface area (Å²) < 4.78 is 40.9. The predicted octanol–water partition coefficient (Wildman–Crippen LogP) is 3.89. The van der Waals surface area contributed by atoms with E-state index in [4.69, 9.17) is 0 Å². The summed E-state index contributed by atoms with van der Waals surface area (Å²) in [4.78, 5) is 34.6. The minimum atomic E-state index is -4.77. The summed E-state index contributed by atoms with van der Waals surface area (Å²) in [6.45, 7) is 1.91. The molecule has 1 aromatic heterocycles. The molecule has 1 saturated carbocycles. The molecular formula is C21H21F3N4O3. The molecule has 2 amide bonds. The van der Waals surface area contributed by atoms with Crippen LogP contribution in [-0.4, -0.2) is 45.1 Å². The van der Waals surface area contributed by atoms with Gasteiger partial charge in [-0.25, -0.2) is 9.97 Å². The molecule has 2 aromatic rings. The van der Waals surface area contributed by atoms with Crippen molar-refractivity contribution in [2.45, 2.75) is 50.4 Å². The van der Waals surface area contributed by atoms with Crippen LogP contribution in [0.3, 0.4) is 0 Å². The van der Waals surface area contributed by atoms with Crippen molar-refractivity contribution in [3.05, 3.63) is 47.8 Å². The minimum absolute atomic E-state index is 0.129. The topological polar surface area (TPSA) is 84.4 Å². The Morgan fingerprint density at radius 3 is 2.52 bits per heavy atom. The van der Waals surface area contributed by atoms with Crippen molar-refractivity contribution >= 4 is 17.8 Å². The number of alkyl halides is 3. The van der Waals surface area contributed by atoms with Crippen LogP contribution < -0.4 is 10.1 Å². The summed E-state index contributed by atoms with van der Waals surface area (Å²) >= 11 is 0. The zero-order valence-electron chi connectivity index (χ0n) is 16.8. The number of piperidine rings is 1. The number of hydrogen-bond donors (Lipinski definition) is 1. The lowest BCUT2D eigenvalue weighted by atomic mass is 9.86. The third-order valence-electron chi connectivity index (χ3n) is 5.69. The summed E-state index contributed by atoms with van der Waals surface area (Å²) in [7, 11) is 0. The highest BCUT2D eigenvalue weighted by atomic mass is 19.4. The van der Waals surface area contributed by atoms with Crippen LogP contribution in [0.2, 0.25) is 0 Å². The van der Waals surface area contributed by atoms with E-state index in [1.165, 1.54) is 19.1 Å². The van der Waals surface area contributed by atoms with Gasteiger partial charge in [0, 0.05) is 42.4 Å². The molecule has 1 aromatic carbocycles. The molecule has 10 heteroatoms. The van der Waals surface area contributed by atoms with Crippen LogP contribution in [0.25, 0.3) is 0 Å². The quantitative estimate of drug-likeness (QED) is 0.790. The normalized spacial score (nSPS) is 19.7. The molecule has 1 aliphatic carbocycles. The van der Waals surface area contributed by atoms with Gasteiger partial charge < -0.3 is 9.64 Å². The molecule has 7 nitrogen and oxygen atoms in total. The highest BCUT2D eigenvalue weighted by Crippen LogP contribution is 2.52. The van der Waals surface area contributed by atoms with E-state index in [-0.39, 0.29) is 35.0 Å². The molecule has 4 rings (SSSR count). The highest BCUT2D eigenvalue weighted by Gasteiger charge is 2.53. The molecule has 31 heavy (non-hydrogen) atoms. The summed E-state index contributed by atoms with van der Waals surface area (Å²) in [5.41, 5.74) is 0.889. The van der Waals surface area contributed by atoms with Crippen molar-refractivity contribution in [3.63, 3.8) is 0 Å². The molecule has 1 spiro atoms. The van der Waals surface area contributed by atoms with Crippen LogP contribution in [0.15, 0.2) is 36.5 Å². The fourth-order valence-electron chi connectivity index (χ4n) is 4.15. The number of anilines is 1. The zero-order valence-corrected chi connectivity index (χ0v) is 16.8. The van der Waals surface area contributed by atoms with Gasteiger partial charge in [0.05, 0.1) is 0 Å². The summed E-state index contributed by atoms with van der Waals surface area (Å²) in [6.07, 6.45) is 0.00760. The lowest BCUT2D eigenvalue weighted by Gasteiger charge is -2.40. The van der Waals surface area contributed by atoms with E-state index in [0.29, 0.717) is 18.5 Å². The number of ether oxygens (including phenoxy) is 1. The molecule has 0 bridgehead atoms. The van der Waals surface area contributed by atoms with Gasteiger partial charge in [-0.1, -0.05) is 0 Å². The van der Waals surface area contributed by atoms with Gasteiger partial charge in [-0.2, -0.15) is 0 Å². The molecular weight excluding hydrogens is 413 g/mol. The number of nitrogens with one attached hydrogen (secondary N) is 1. The van der Waals surface area contributed by atoms with E-state index in [9.17, 15) is 22.8 Å². The van der Waals surface area contributed by atoms with Gasteiger partial charge in [-0.3, -0.25) is 14.9 Å². The fourth-order valence-corrected chi connectivity index (χ4v) is 4.15. The molecule has 2 aliphatic rings. The van der Waals surface area contributed by atoms with E-state index < -0.39 is 6.36 Å². The van der Waals surface area contributed by atoms with Crippen molar-refractivity contribution in [1.82, 2.24) is 14.9 Å². The molecule has 1 unspecified atom stereocenters. The van der Waals surface area contributed by atoms with E-state index in [2.05, 4.69) is 20.0 Å². The number of carbonyl (C=O) groups is 2. The third kappa shape index (κ3) is 4.78. The predicted molar refractivity (Wildman–Crippen MR) is 104 cm³/mol. The summed E-state index contributed by atoms with van der Waals surface area (Å²) in [6, 6.07) is 6.84. The Hall–Kier alpha value is -3.17. The van der Waals surface area contributed by atoms with Gasteiger partial charge in [-0.15, -0.1) is 13.2 Å². The lowest BCUT2D eigenvalue weighted by molar-refractivity contribution is -0.274. The Balaban J connectivity index is 1.46. The van der Waals surface area contributed by atoms with Crippen LogP contribution in [0.1, 0.15) is 54.6 Å². The van der Waals surface area contributed by atoms with E-state index in [1.54, 1.807) is 6.20 Å². The second kappa shape index (κ2) is 7.82. The highest BCUT2D eigenvalue weighted by molar-refractivity contribution is 5.95. The van der Waals surface area contributed by atoms with Crippen molar-refractivity contribution in [1.29, 1.82) is 0 Å². The first-order chi connectivity index (χ1) is 14.7. The number of amides is 2. The zero-order chi connectivity index (χ0) is 22.2. The Morgan fingerprint density at radius 2 is 1.90 bits per heavy atom. The molecule has 1 N–H and O–H groups in total. The monoisotopic (exact) mass is 434 g/mol. The van der Waals surface area contributed by atoms with Gasteiger partial charge in [0.25, 0.3) is 5.91 Å². The number of rotatable bonds is 4. The smallest absolute Gasteiger partial charge is 0.406 e. The van der Waals surface area contributed by atoms with Crippen LogP contribution in [-0.2, 0) is 4.79 Å². The number of hydrogen-bond acceptors (Lipinski definition) is 5. The molecule has 2 heterocycles. The Kier molecular flexibility index (Phi) is 5.32. The van der Waals surface area contributed by atoms with Crippen molar-refractivity contribution in [2.75, 3.05) is 11.9 Å². The van der Waals surface area contributed by atoms with Crippen molar-refractivity contribution in [2.24, 2.45) is 0 Å². The summed E-state index contributed by atoms with van der Waals surface area (Å²) in [5, 5.41) is 2.58. The van der Waals surface area contributed by atoms with E-state index in [1.807, 2.05) is 11.0 Å². The average molecular weight is 434 g/mol. The minimum Gasteiger partial charge on any atom is -0.406 e. The van der Waals surface area contributed by atoms with E-state index in [0.717, 1.165) is 37.1 Å². The van der Waals surface area contributed by atoms with Gasteiger partial charge in [0.15, 0.2) is 0 Å². The second-order valence-corrected chi connectivity index (χ2v) is 7.93. The maximum Gasteiger partial charge on any atom is 0.573 e. The SMILES string of the molecule is CC(=O)Nc1nccc(C2CCN(C(=O)c3ccc(OC(F)(F)F)cc3)C3(CC3)C2)n1. The van der Waals surface area contributed by atoms with Gasteiger partial charge >= 0.3 is 6.36 Å². The molecule has 1 aliphatic heterocycles. The molecule has 1 atom stereocenters. The lowest BCUT2D eigenvalue weighted by Crippen LogP contribution is -2.47. The van der Waals surface area contributed by atoms with Crippen LogP contribution >= 0.6 is 0 Å². The first-order valence-electron chi connectivity index (χ1n) is 9.94. The first-order valence-corrected chi connectivity index (χ1v) is 9.94. The number of carbonyl (C=O) groups excluding carboxylic acids is 2. The van der Waals surface area contributed by atoms with Gasteiger partial charge in [0.1, 0.15) is 5.75 Å². The van der Waals surface area contributed by atoms with Crippen LogP contribution in [0.5, 0.6) is 5.75 Å². The maximum atomic E-state index is 13.1. The Labute approximate surface area is 176 Å². The second-order valence-electron chi connectivity index (χ2n) is 7.93. The largest absolute Gasteiger partial charge is 0.573 e. The van der Waals surface area contributed by atoms with Crippen molar-refractivity contribution in [3.8, 4) is 5.75 Å². The number of likely N-dealkylation sites (tertiary alicyclic amines) is 1. The Bertz CT molecular complexity index is 990. The summed E-state index contributed by atoms with van der Waals surface area (Å²) in [5.74, 6) is -0.416. The van der Waals surface area contributed by atoms with Gasteiger partial charge in [-0.05, 0) is 56.0 Å². The molecule has 2 fully saturated rings. The third-order valence-corrected chi connectivity index (χ3v) is 5.69. The number of aromatic nitrogens is 2. The fraction of sp³-hybridized carbons (Fsp3) is 0.429. The standard InChI is InChI=1S/C21H21F3N4O3/c1-13(29)26-19-25-10-6-17(27-19)15-7-11-28(20(12-15)8-9-20)18(30)14-2-4-16(5-3-14)31-21(22,23)24/h2-6,10,15H,7-9,11-12H2,1H3,(H,25,26,27,29). The molecule has 0 radical (unpaired) electrons. The average Bonchev–Trinajstić information content (AvgIpc) is 3.46.